The van der Waals surface area contributed by atoms with Crippen LogP contribution in [0, 0.1) is 11.8 Å². The number of thioether (sulfide) groups is 1. The summed E-state index contributed by atoms with van der Waals surface area (Å²) in [6.07, 6.45) is -4.41. The van der Waals surface area contributed by atoms with Crippen LogP contribution in [0.5, 0.6) is 0 Å². The summed E-state index contributed by atoms with van der Waals surface area (Å²) in [6, 6.07) is 4.05. The maximum absolute atomic E-state index is 12.5. The maximum Gasteiger partial charge on any atom is 0.416 e. The summed E-state index contributed by atoms with van der Waals surface area (Å²) < 4.78 is 37.6. The van der Waals surface area contributed by atoms with Gasteiger partial charge in [0.15, 0.2) is 0 Å². The lowest BCUT2D eigenvalue weighted by atomic mass is 10.1. The molecule has 0 aromatic heterocycles. The molecule has 1 atom stereocenters. The van der Waals surface area contributed by atoms with Gasteiger partial charge >= 0.3 is 6.18 Å². The fourth-order valence-electron chi connectivity index (χ4n) is 1.70. The predicted octanol–water partition coefficient (Wildman–Crippen LogP) is 2.00. The van der Waals surface area contributed by atoms with Crippen LogP contribution >= 0.6 is 11.8 Å². The van der Waals surface area contributed by atoms with Gasteiger partial charge in [0, 0.05) is 11.3 Å². The average molecular weight is 328 g/mol. The molecule has 2 N–H and O–H groups in total. The van der Waals surface area contributed by atoms with E-state index in [0.29, 0.717) is 5.75 Å². The molecule has 2 rings (SSSR count). The first-order valence-corrected chi connectivity index (χ1v) is 7.22. The number of carbonyl (C=O) groups excluding carboxylic acids is 2. The lowest BCUT2D eigenvalue weighted by Crippen LogP contribution is -2.42. The Morgan fingerprint density at radius 2 is 2.23 bits per heavy atom. The fraction of sp³-hybridized carbons (Fsp3) is 0.286. The van der Waals surface area contributed by atoms with Crippen molar-refractivity contribution in [1.29, 1.82) is 0 Å². The van der Waals surface area contributed by atoms with Crippen LogP contribution in [0.4, 0.5) is 18.0 Å². The van der Waals surface area contributed by atoms with Crippen molar-refractivity contribution in [3.8, 4) is 11.8 Å². The Morgan fingerprint density at radius 1 is 1.45 bits per heavy atom. The van der Waals surface area contributed by atoms with Crippen molar-refractivity contribution in [1.82, 2.24) is 10.6 Å². The Hall–Kier alpha value is -2.14. The lowest BCUT2D eigenvalue weighted by molar-refractivity contribution is -0.137. The fourth-order valence-corrected chi connectivity index (χ4v) is 2.48. The molecule has 1 saturated heterocycles. The molecule has 8 heteroatoms. The summed E-state index contributed by atoms with van der Waals surface area (Å²) in [5, 5.41) is 4.72. The summed E-state index contributed by atoms with van der Waals surface area (Å²) in [5.41, 5.74) is -0.553. The van der Waals surface area contributed by atoms with E-state index in [1.807, 2.05) is 0 Å². The highest BCUT2D eigenvalue weighted by Crippen LogP contribution is 2.29. The second-order valence-electron chi connectivity index (χ2n) is 4.39. The van der Waals surface area contributed by atoms with Gasteiger partial charge < -0.3 is 10.6 Å². The molecular formula is C14H11F3N2O2S. The minimum atomic E-state index is -4.41. The van der Waals surface area contributed by atoms with E-state index in [-0.39, 0.29) is 23.3 Å². The van der Waals surface area contributed by atoms with Crippen LogP contribution in [-0.2, 0) is 11.0 Å². The maximum atomic E-state index is 12.5. The average Bonchev–Trinajstić information content (AvgIpc) is 2.89. The molecule has 0 saturated carbocycles. The quantitative estimate of drug-likeness (QED) is 0.817. The van der Waals surface area contributed by atoms with Gasteiger partial charge in [-0.25, -0.2) is 0 Å². The Morgan fingerprint density at radius 3 is 2.86 bits per heavy atom. The van der Waals surface area contributed by atoms with E-state index in [0.717, 1.165) is 23.9 Å². The largest absolute Gasteiger partial charge is 0.416 e. The number of rotatable bonds is 2. The van der Waals surface area contributed by atoms with Crippen molar-refractivity contribution in [3.63, 3.8) is 0 Å². The number of nitrogens with one attached hydrogen (secondary N) is 2. The zero-order valence-corrected chi connectivity index (χ0v) is 12.0. The topological polar surface area (TPSA) is 58.2 Å². The molecule has 1 heterocycles. The highest BCUT2D eigenvalue weighted by Gasteiger charge is 2.30. The molecule has 22 heavy (non-hydrogen) atoms. The summed E-state index contributed by atoms with van der Waals surface area (Å²) in [7, 11) is 0. The molecule has 0 unspecified atom stereocenters. The number of carbonyl (C=O) groups is 2. The Labute approximate surface area is 128 Å². The van der Waals surface area contributed by atoms with Gasteiger partial charge in [-0.3, -0.25) is 9.59 Å². The second-order valence-corrected chi connectivity index (χ2v) is 5.39. The van der Waals surface area contributed by atoms with Crippen molar-refractivity contribution in [2.45, 2.75) is 12.2 Å². The smallest absolute Gasteiger partial charge is 0.343 e. The molecule has 0 radical (unpaired) electrons. The summed E-state index contributed by atoms with van der Waals surface area (Å²) in [5.74, 6) is 5.12. The van der Waals surface area contributed by atoms with Gasteiger partial charge in [-0.15, -0.1) is 0 Å². The van der Waals surface area contributed by atoms with Crippen LogP contribution in [0.25, 0.3) is 0 Å². The normalized spacial score (nSPS) is 17.4. The number of benzene rings is 1. The van der Waals surface area contributed by atoms with Gasteiger partial charge in [0.1, 0.15) is 6.04 Å². The van der Waals surface area contributed by atoms with Gasteiger partial charge in [0.25, 0.3) is 5.24 Å². The van der Waals surface area contributed by atoms with Crippen LogP contribution in [-0.4, -0.2) is 29.5 Å². The molecule has 1 aliphatic rings. The van der Waals surface area contributed by atoms with E-state index in [9.17, 15) is 22.8 Å². The van der Waals surface area contributed by atoms with Crippen LogP contribution in [0.3, 0.4) is 0 Å². The molecule has 1 aromatic rings. The monoisotopic (exact) mass is 328 g/mol. The summed E-state index contributed by atoms with van der Waals surface area (Å²) in [4.78, 5) is 22.6. The number of amides is 2. The highest BCUT2D eigenvalue weighted by atomic mass is 32.2. The van der Waals surface area contributed by atoms with E-state index >= 15 is 0 Å². The summed E-state index contributed by atoms with van der Waals surface area (Å²) >= 11 is 1.02. The third-order valence-electron chi connectivity index (χ3n) is 2.76. The molecule has 1 aromatic carbocycles. The molecule has 116 valence electrons. The molecule has 1 fully saturated rings. The molecular weight excluding hydrogens is 317 g/mol. The zero-order valence-electron chi connectivity index (χ0n) is 11.2. The van der Waals surface area contributed by atoms with E-state index in [2.05, 4.69) is 22.5 Å². The van der Waals surface area contributed by atoms with E-state index in [4.69, 9.17) is 0 Å². The molecule has 4 nitrogen and oxygen atoms in total. The highest BCUT2D eigenvalue weighted by molar-refractivity contribution is 8.14. The van der Waals surface area contributed by atoms with Gasteiger partial charge in [0.2, 0.25) is 5.91 Å². The number of hydrogen-bond donors (Lipinski definition) is 2. The predicted molar refractivity (Wildman–Crippen MR) is 76.1 cm³/mol. The molecule has 2 amide bonds. The van der Waals surface area contributed by atoms with Gasteiger partial charge in [-0.2, -0.15) is 13.2 Å². The number of hydrogen-bond acceptors (Lipinski definition) is 3. The van der Waals surface area contributed by atoms with Crippen LogP contribution < -0.4 is 10.6 Å². The van der Waals surface area contributed by atoms with E-state index in [1.54, 1.807) is 0 Å². The Bertz CT molecular complexity index is 649. The zero-order chi connectivity index (χ0) is 16.2. The van der Waals surface area contributed by atoms with E-state index < -0.39 is 17.8 Å². The van der Waals surface area contributed by atoms with Gasteiger partial charge in [-0.1, -0.05) is 29.7 Å². The van der Waals surface area contributed by atoms with Crippen molar-refractivity contribution in [2.75, 3.05) is 12.3 Å². The molecule has 0 spiro atoms. The third kappa shape index (κ3) is 4.43. The molecule has 1 aliphatic heterocycles. The standard InChI is InChI=1S/C14H11F3N2O2S/c15-14(16,17)10-5-1-3-9(7-10)4-2-6-18-12(20)11-8-22-13(21)19-11/h1,3,5,7,11H,6,8H2,(H,18,20)(H,19,21)/t11-/m1/s1. The molecule has 0 bridgehead atoms. The summed E-state index contributed by atoms with van der Waals surface area (Å²) in [6.45, 7) is -0.00782. The number of alkyl halides is 3. The first kappa shape index (κ1) is 16.2. The first-order valence-electron chi connectivity index (χ1n) is 6.23. The van der Waals surface area contributed by atoms with Crippen LogP contribution in [0.15, 0.2) is 24.3 Å². The van der Waals surface area contributed by atoms with Crippen LogP contribution in [0.1, 0.15) is 11.1 Å². The van der Waals surface area contributed by atoms with Crippen molar-refractivity contribution < 1.29 is 22.8 Å². The van der Waals surface area contributed by atoms with Crippen molar-refractivity contribution >= 4 is 22.9 Å². The number of halogens is 3. The van der Waals surface area contributed by atoms with Gasteiger partial charge in [0.05, 0.1) is 12.1 Å². The third-order valence-corrected chi connectivity index (χ3v) is 3.64. The minimum Gasteiger partial charge on any atom is -0.343 e. The van der Waals surface area contributed by atoms with Gasteiger partial charge in [-0.05, 0) is 18.2 Å². The SMILES string of the molecule is O=C1N[C@@H](C(=O)NCC#Cc2cccc(C(F)(F)F)c2)CS1. The van der Waals surface area contributed by atoms with Crippen molar-refractivity contribution in [3.05, 3.63) is 35.4 Å². The second kappa shape index (κ2) is 6.75. The Kier molecular flexibility index (Phi) is 4.98. The minimum absolute atomic E-state index is 0.00782. The Balaban J connectivity index is 1.89. The lowest BCUT2D eigenvalue weighted by Gasteiger charge is -2.07. The van der Waals surface area contributed by atoms with Crippen LogP contribution in [0.2, 0.25) is 0 Å². The van der Waals surface area contributed by atoms with E-state index in [1.165, 1.54) is 12.1 Å². The molecule has 0 aliphatic carbocycles. The van der Waals surface area contributed by atoms with Crippen molar-refractivity contribution in [2.24, 2.45) is 0 Å². The first-order chi connectivity index (χ1) is 10.4.